The second-order valence-corrected chi connectivity index (χ2v) is 5.79. The van der Waals surface area contributed by atoms with Crippen LogP contribution < -0.4 is 5.73 Å². The minimum atomic E-state index is -0.876. The van der Waals surface area contributed by atoms with E-state index in [1.165, 1.54) is 6.07 Å². The van der Waals surface area contributed by atoms with Crippen LogP contribution in [0.2, 0.25) is 0 Å². The van der Waals surface area contributed by atoms with Gasteiger partial charge in [-0.05, 0) is 44.7 Å². The molecule has 0 spiro atoms. The minimum absolute atomic E-state index is 0.142. The molecule has 2 rings (SSSR count). The molecule has 1 aromatic carbocycles. The standard InChI is InChI=1S/C16H20FN3O/c1-3-20(15(21)16(2,19)13-6-7-13)10-12-5-4-11(9-18)8-14(12)17/h4-5,8,13H,3,6-7,10,19H2,1-2H3. The number of rotatable bonds is 5. The molecule has 0 aromatic heterocycles. The molecule has 1 atom stereocenters. The van der Waals surface area contributed by atoms with Gasteiger partial charge in [0.2, 0.25) is 5.91 Å². The van der Waals surface area contributed by atoms with Gasteiger partial charge in [0.05, 0.1) is 17.2 Å². The molecule has 5 heteroatoms. The molecule has 2 N–H and O–H groups in total. The molecule has 112 valence electrons. The Labute approximate surface area is 124 Å². The number of likely N-dealkylation sites (N-methyl/N-ethyl adjacent to an activating group) is 1. The van der Waals surface area contributed by atoms with Gasteiger partial charge in [-0.2, -0.15) is 5.26 Å². The lowest BCUT2D eigenvalue weighted by atomic mass is 9.95. The quantitative estimate of drug-likeness (QED) is 0.903. The highest BCUT2D eigenvalue weighted by Crippen LogP contribution is 2.39. The minimum Gasteiger partial charge on any atom is -0.337 e. The number of nitriles is 1. The van der Waals surface area contributed by atoms with Crippen molar-refractivity contribution in [3.63, 3.8) is 0 Å². The van der Waals surface area contributed by atoms with E-state index in [1.54, 1.807) is 24.0 Å². The number of carbonyl (C=O) groups excluding carboxylic acids is 1. The summed E-state index contributed by atoms with van der Waals surface area (Å²) in [6, 6.07) is 6.19. The molecule has 0 radical (unpaired) electrons. The molecular weight excluding hydrogens is 269 g/mol. The van der Waals surface area contributed by atoms with E-state index in [9.17, 15) is 9.18 Å². The highest BCUT2D eigenvalue weighted by atomic mass is 19.1. The zero-order chi connectivity index (χ0) is 15.6. The zero-order valence-electron chi connectivity index (χ0n) is 12.4. The van der Waals surface area contributed by atoms with E-state index in [-0.39, 0.29) is 23.9 Å². The van der Waals surface area contributed by atoms with E-state index in [0.29, 0.717) is 12.1 Å². The first-order valence-electron chi connectivity index (χ1n) is 7.17. The molecule has 0 heterocycles. The largest absolute Gasteiger partial charge is 0.337 e. The fourth-order valence-electron chi connectivity index (χ4n) is 2.48. The predicted octanol–water partition coefficient (Wildman–Crippen LogP) is 2.17. The number of amides is 1. The van der Waals surface area contributed by atoms with Crippen LogP contribution in [-0.4, -0.2) is 22.9 Å². The van der Waals surface area contributed by atoms with Crippen molar-refractivity contribution in [1.29, 1.82) is 5.26 Å². The summed E-state index contributed by atoms with van der Waals surface area (Å²) in [5.74, 6) is -0.383. The Kier molecular flexibility index (Phi) is 4.29. The normalized spacial score (nSPS) is 16.9. The Morgan fingerprint density at radius 1 is 1.57 bits per heavy atom. The number of nitrogens with zero attached hydrogens (tertiary/aromatic N) is 2. The highest BCUT2D eigenvalue weighted by Gasteiger charge is 2.45. The molecule has 0 saturated heterocycles. The molecule has 0 bridgehead atoms. The van der Waals surface area contributed by atoms with Crippen molar-refractivity contribution in [2.24, 2.45) is 11.7 Å². The molecule has 1 fully saturated rings. The van der Waals surface area contributed by atoms with E-state index < -0.39 is 11.4 Å². The van der Waals surface area contributed by atoms with E-state index in [0.717, 1.165) is 12.8 Å². The van der Waals surface area contributed by atoms with Crippen LogP contribution in [0.3, 0.4) is 0 Å². The Hall–Kier alpha value is -1.93. The van der Waals surface area contributed by atoms with Gasteiger partial charge >= 0.3 is 0 Å². The van der Waals surface area contributed by atoms with E-state index in [1.807, 2.05) is 13.0 Å². The summed E-state index contributed by atoms with van der Waals surface area (Å²) < 4.78 is 13.9. The second-order valence-electron chi connectivity index (χ2n) is 5.79. The van der Waals surface area contributed by atoms with Gasteiger partial charge in [0.15, 0.2) is 0 Å². The highest BCUT2D eigenvalue weighted by molar-refractivity contribution is 5.86. The first-order chi connectivity index (χ1) is 9.90. The maximum atomic E-state index is 13.9. The first-order valence-corrected chi connectivity index (χ1v) is 7.17. The van der Waals surface area contributed by atoms with Gasteiger partial charge in [-0.3, -0.25) is 4.79 Å². The number of nitrogens with two attached hydrogens (primary N) is 1. The van der Waals surface area contributed by atoms with Crippen LogP contribution >= 0.6 is 0 Å². The Morgan fingerprint density at radius 3 is 2.71 bits per heavy atom. The van der Waals surface area contributed by atoms with Crippen molar-refractivity contribution in [2.75, 3.05) is 6.54 Å². The van der Waals surface area contributed by atoms with Crippen LogP contribution in [0, 0.1) is 23.1 Å². The second kappa shape index (κ2) is 5.82. The maximum absolute atomic E-state index is 13.9. The fourth-order valence-corrected chi connectivity index (χ4v) is 2.48. The number of hydrogen-bond donors (Lipinski definition) is 1. The average molecular weight is 289 g/mol. The molecular formula is C16H20FN3O. The third-order valence-electron chi connectivity index (χ3n) is 4.10. The lowest BCUT2D eigenvalue weighted by molar-refractivity contribution is -0.137. The summed E-state index contributed by atoms with van der Waals surface area (Å²) in [5, 5.41) is 8.75. The van der Waals surface area contributed by atoms with Crippen molar-refractivity contribution < 1.29 is 9.18 Å². The number of benzene rings is 1. The Bertz CT molecular complexity index is 588. The van der Waals surface area contributed by atoms with Gasteiger partial charge in [-0.1, -0.05) is 6.07 Å². The molecule has 1 aliphatic rings. The summed E-state index contributed by atoms with van der Waals surface area (Å²) in [6.07, 6.45) is 1.95. The molecule has 1 saturated carbocycles. The van der Waals surface area contributed by atoms with Crippen molar-refractivity contribution >= 4 is 5.91 Å². The van der Waals surface area contributed by atoms with Gasteiger partial charge in [0.1, 0.15) is 5.82 Å². The van der Waals surface area contributed by atoms with Crippen LogP contribution in [0.4, 0.5) is 4.39 Å². The van der Waals surface area contributed by atoms with E-state index in [2.05, 4.69) is 0 Å². The lowest BCUT2D eigenvalue weighted by Gasteiger charge is -2.31. The van der Waals surface area contributed by atoms with Crippen molar-refractivity contribution in [1.82, 2.24) is 4.90 Å². The SMILES string of the molecule is CCN(Cc1ccc(C#N)cc1F)C(=O)C(C)(N)C1CC1. The third-order valence-corrected chi connectivity index (χ3v) is 4.10. The first kappa shape index (κ1) is 15.5. The van der Waals surface area contributed by atoms with Crippen molar-refractivity contribution in [3.8, 4) is 6.07 Å². The lowest BCUT2D eigenvalue weighted by Crippen LogP contribution is -2.54. The van der Waals surface area contributed by atoms with Crippen LogP contribution in [0.15, 0.2) is 18.2 Å². The molecule has 21 heavy (non-hydrogen) atoms. The number of halogens is 1. The van der Waals surface area contributed by atoms with Crippen LogP contribution in [0.5, 0.6) is 0 Å². The summed E-state index contributed by atoms with van der Waals surface area (Å²) in [5.41, 5.74) is 5.94. The number of carbonyl (C=O) groups is 1. The zero-order valence-corrected chi connectivity index (χ0v) is 12.4. The van der Waals surface area contributed by atoms with Crippen LogP contribution in [-0.2, 0) is 11.3 Å². The van der Waals surface area contributed by atoms with Gasteiger partial charge in [0.25, 0.3) is 0 Å². The van der Waals surface area contributed by atoms with Crippen LogP contribution in [0.1, 0.15) is 37.8 Å². The topological polar surface area (TPSA) is 70.1 Å². The van der Waals surface area contributed by atoms with Gasteiger partial charge in [-0.25, -0.2) is 4.39 Å². The summed E-state index contributed by atoms with van der Waals surface area (Å²) in [4.78, 5) is 14.1. The maximum Gasteiger partial charge on any atom is 0.242 e. The van der Waals surface area contributed by atoms with Crippen LogP contribution in [0.25, 0.3) is 0 Å². The van der Waals surface area contributed by atoms with Gasteiger partial charge < -0.3 is 10.6 Å². The van der Waals surface area contributed by atoms with E-state index >= 15 is 0 Å². The molecule has 4 nitrogen and oxygen atoms in total. The van der Waals surface area contributed by atoms with Crippen molar-refractivity contribution in [2.45, 2.75) is 38.8 Å². The van der Waals surface area contributed by atoms with Crippen molar-refractivity contribution in [3.05, 3.63) is 35.1 Å². The Balaban J connectivity index is 2.16. The summed E-state index contributed by atoms with van der Waals surface area (Å²) in [6.45, 7) is 4.25. The molecule has 1 aromatic rings. The molecule has 1 aliphatic carbocycles. The molecule has 0 aliphatic heterocycles. The predicted molar refractivity (Wildman–Crippen MR) is 77.5 cm³/mol. The molecule has 1 amide bonds. The number of hydrogen-bond acceptors (Lipinski definition) is 3. The van der Waals surface area contributed by atoms with Gasteiger partial charge in [0, 0.05) is 18.7 Å². The van der Waals surface area contributed by atoms with Gasteiger partial charge in [-0.15, -0.1) is 0 Å². The Morgan fingerprint density at radius 2 is 2.24 bits per heavy atom. The van der Waals surface area contributed by atoms with E-state index in [4.69, 9.17) is 11.0 Å². The average Bonchev–Trinajstić information content (AvgIpc) is 3.30. The summed E-state index contributed by atoms with van der Waals surface area (Å²) >= 11 is 0. The fraction of sp³-hybridized carbons (Fsp3) is 0.500. The third kappa shape index (κ3) is 3.22. The smallest absolute Gasteiger partial charge is 0.242 e. The monoisotopic (exact) mass is 289 g/mol. The molecule has 1 unspecified atom stereocenters. The summed E-state index contributed by atoms with van der Waals surface area (Å²) in [7, 11) is 0.